The first kappa shape index (κ1) is 22.9. The molecule has 0 aliphatic carbocycles. The van der Waals surface area contributed by atoms with Crippen molar-refractivity contribution in [2.75, 3.05) is 0 Å². The van der Waals surface area contributed by atoms with Crippen LogP contribution in [0.25, 0.3) is 0 Å². The van der Waals surface area contributed by atoms with Gasteiger partial charge in [0.1, 0.15) is 28.9 Å². The highest BCUT2D eigenvalue weighted by Gasteiger charge is 2.31. The minimum Gasteiger partial charge on any atom is -0.479 e. The second kappa shape index (κ2) is 9.72. The van der Waals surface area contributed by atoms with E-state index in [0.29, 0.717) is 22.8 Å². The average Bonchev–Trinajstić information content (AvgIpc) is 2.84. The Bertz CT molecular complexity index is 1270. The molecular formula is C28H26N2O4. The third-order valence-electron chi connectivity index (χ3n) is 5.80. The van der Waals surface area contributed by atoms with Gasteiger partial charge in [-0.3, -0.25) is 0 Å². The second-order valence-electron chi connectivity index (χ2n) is 8.21. The number of carbonyl (C=O) groups is 1. The van der Waals surface area contributed by atoms with Gasteiger partial charge in [0.2, 0.25) is 5.88 Å². The predicted molar refractivity (Wildman–Crippen MR) is 128 cm³/mol. The molecule has 34 heavy (non-hydrogen) atoms. The van der Waals surface area contributed by atoms with E-state index in [4.69, 9.17) is 19.9 Å². The maximum atomic E-state index is 12.6. The van der Waals surface area contributed by atoms with Crippen LogP contribution in [0.5, 0.6) is 17.2 Å². The monoisotopic (exact) mass is 454 g/mol. The summed E-state index contributed by atoms with van der Waals surface area (Å²) in [4.78, 5) is 12.6. The Morgan fingerprint density at radius 2 is 1.76 bits per heavy atom. The first-order valence-electron chi connectivity index (χ1n) is 11.1. The lowest BCUT2D eigenvalue weighted by atomic mass is 9.83. The normalized spacial score (nSPS) is 15.5. The van der Waals surface area contributed by atoms with Crippen molar-refractivity contribution in [3.05, 3.63) is 100 Å². The van der Waals surface area contributed by atoms with Crippen LogP contribution in [0.4, 0.5) is 0 Å². The van der Waals surface area contributed by atoms with E-state index in [-0.39, 0.29) is 11.8 Å². The summed E-state index contributed by atoms with van der Waals surface area (Å²) in [5, 5.41) is 9.71. The number of nitrogens with zero attached hydrogens (tertiary/aromatic N) is 1. The Hall–Kier alpha value is -4.24. The maximum absolute atomic E-state index is 12.6. The minimum atomic E-state index is -0.806. The van der Waals surface area contributed by atoms with Crippen molar-refractivity contribution in [2.45, 2.75) is 39.2 Å². The van der Waals surface area contributed by atoms with E-state index >= 15 is 0 Å². The van der Waals surface area contributed by atoms with E-state index in [9.17, 15) is 10.1 Å². The van der Waals surface area contributed by atoms with Gasteiger partial charge >= 0.3 is 5.97 Å². The Balaban J connectivity index is 1.54. The highest BCUT2D eigenvalue weighted by Crippen LogP contribution is 2.43. The lowest BCUT2D eigenvalue weighted by molar-refractivity contribution is -0.141. The molecule has 172 valence electrons. The molecule has 2 unspecified atom stereocenters. The van der Waals surface area contributed by atoms with E-state index in [1.807, 2.05) is 55.5 Å². The van der Waals surface area contributed by atoms with Gasteiger partial charge in [0, 0.05) is 11.6 Å². The summed E-state index contributed by atoms with van der Waals surface area (Å²) in [6, 6.07) is 22.8. The summed E-state index contributed by atoms with van der Waals surface area (Å²) in [5.41, 5.74) is 10.4. The molecule has 3 aromatic carbocycles. The van der Waals surface area contributed by atoms with Crippen molar-refractivity contribution in [2.24, 2.45) is 5.73 Å². The molecule has 0 radical (unpaired) electrons. The average molecular weight is 455 g/mol. The summed E-state index contributed by atoms with van der Waals surface area (Å²) < 4.78 is 17.0. The van der Waals surface area contributed by atoms with Gasteiger partial charge in [0.05, 0.1) is 5.92 Å². The van der Waals surface area contributed by atoms with Gasteiger partial charge in [-0.1, -0.05) is 55.0 Å². The zero-order valence-corrected chi connectivity index (χ0v) is 19.4. The molecule has 2 atom stereocenters. The van der Waals surface area contributed by atoms with E-state index < -0.39 is 12.1 Å². The smallest absolute Gasteiger partial charge is 0.352 e. The highest BCUT2D eigenvalue weighted by atomic mass is 16.6. The van der Waals surface area contributed by atoms with Gasteiger partial charge in [0.15, 0.2) is 6.10 Å². The molecule has 6 nitrogen and oxygen atoms in total. The van der Waals surface area contributed by atoms with Gasteiger partial charge in [0.25, 0.3) is 0 Å². The Morgan fingerprint density at radius 1 is 1.09 bits per heavy atom. The first-order chi connectivity index (χ1) is 16.4. The standard InChI is InChI=1S/C28H26N2O4/c1-4-19-7-11-21(12-8-19)32-18(3)28(31)33-22-13-14-23-25(15-22)34-27(30)24(16-29)26(23)20-9-5-17(2)6-10-20/h5-15,18,26H,4,30H2,1-3H3. The van der Waals surface area contributed by atoms with Gasteiger partial charge in [-0.15, -0.1) is 0 Å². The number of aryl methyl sites for hydroxylation is 2. The lowest BCUT2D eigenvalue weighted by Gasteiger charge is -2.27. The number of nitriles is 1. The molecule has 0 spiro atoms. The molecule has 2 N–H and O–H groups in total. The van der Waals surface area contributed by atoms with Gasteiger partial charge in [-0.25, -0.2) is 4.79 Å². The molecule has 0 saturated carbocycles. The summed E-state index contributed by atoms with van der Waals surface area (Å²) >= 11 is 0. The maximum Gasteiger partial charge on any atom is 0.352 e. The van der Waals surface area contributed by atoms with Crippen LogP contribution in [-0.2, 0) is 11.2 Å². The molecule has 1 aliphatic heterocycles. The molecule has 1 heterocycles. The van der Waals surface area contributed by atoms with Crippen LogP contribution < -0.4 is 19.9 Å². The minimum absolute atomic E-state index is 0.0382. The van der Waals surface area contributed by atoms with Crippen LogP contribution >= 0.6 is 0 Å². The van der Waals surface area contributed by atoms with Gasteiger partial charge in [-0.2, -0.15) is 5.26 Å². The van der Waals surface area contributed by atoms with Gasteiger partial charge in [-0.05, 0) is 49.6 Å². The topological polar surface area (TPSA) is 94.6 Å². The number of ether oxygens (including phenoxy) is 3. The third kappa shape index (κ3) is 4.74. The van der Waals surface area contributed by atoms with Crippen LogP contribution in [0.15, 0.2) is 78.2 Å². The van der Waals surface area contributed by atoms with Crippen molar-refractivity contribution in [3.8, 4) is 23.3 Å². The quantitative estimate of drug-likeness (QED) is 0.409. The van der Waals surface area contributed by atoms with Crippen molar-refractivity contribution in [1.82, 2.24) is 0 Å². The molecule has 1 aliphatic rings. The molecule has 4 rings (SSSR count). The zero-order chi connectivity index (χ0) is 24.2. The SMILES string of the molecule is CCc1ccc(OC(C)C(=O)Oc2ccc3c(c2)OC(N)=C(C#N)C3c2ccc(C)cc2)cc1. The predicted octanol–water partition coefficient (Wildman–Crippen LogP) is 5.15. The lowest BCUT2D eigenvalue weighted by Crippen LogP contribution is -2.28. The number of rotatable bonds is 6. The molecule has 0 bridgehead atoms. The molecule has 6 heteroatoms. The number of hydrogen-bond donors (Lipinski definition) is 1. The van der Waals surface area contributed by atoms with E-state index in [1.54, 1.807) is 25.1 Å². The van der Waals surface area contributed by atoms with Crippen LogP contribution in [-0.4, -0.2) is 12.1 Å². The second-order valence-corrected chi connectivity index (χ2v) is 8.21. The molecule has 0 fully saturated rings. The van der Waals surface area contributed by atoms with Crippen LogP contribution in [0.2, 0.25) is 0 Å². The molecule has 0 amide bonds. The number of nitrogens with two attached hydrogens (primary N) is 1. The fraction of sp³-hybridized carbons (Fsp3) is 0.214. The number of benzene rings is 3. The summed E-state index contributed by atoms with van der Waals surface area (Å²) in [6.45, 7) is 5.71. The van der Waals surface area contributed by atoms with Crippen molar-refractivity contribution < 1.29 is 19.0 Å². The fourth-order valence-electron chi connectivity index (χ4n) is 3.86. The van der Waals surface area contributed by atoms with E-state index in [0.717, 1.165) is 23.1 Å². The Morgan fingerprint density at radius 3 is 2.41 bits per heavy atom. The van der Waals surface area contributed by atoms with Crippen LogP contribution in [0.3, 0.4) is 0 Å². The number of hydrogen-bond acceptors (Lipinski definition) is 6. The van der Waals surface area contributed by atoms with Crippen LogP contribution in [0.1, 0.15) is 42.0 Å². The number of esters is 1. The molecular weight excluding hydrogens is 428 g/mol. The molecule has 0 aromatic heterocycles. The van der Waals surface area contributed by atoms with E-state index in [2.05, 4.69) is 13.0 Å². The zero-order valence-electron chi connectivity index (χ0n) is 19.4. The van der Waals surface area contributed by atoms with E-state index in [1.165, 1.54) is 5.56 Å². The highest BCUT2D eigenvalue weighted by molar-refractivity contribution is 5.77. The molecule has 0 saturated heterocycles. The van der Waals surface area contributed by atoms with Crippen molar-refractivity contribution >= 4 is 5.97 Å². The van der Waals surface area contributed by atoms with Crippen molar-refractivity contribution in [3.63, 3.8) is 0 Å². The summed E-state index contributed by atoms with van der Waals surface area (Å²) in [6.07, 6.45) is 0.124. The molecule has 3 aromatic rings. The fourth-order valence-corrected chi connectivity index (χ4v) is 3.86. The summed E-state index contributed by atoms with van der Waals surface area (Å²) in [5.74, 6) is 0.473. The van der Waals surface area contributed by atoms with Gasteiger partial charge < -0.3 is 19.9 Å². The Labute approximate surface area is 199 Å². The Kier molecular flexibility index (Phi) is 6.55. The third-order valence-corrected chi connectivity index (χ3v) is 5.80. The summed E-state index contributed by atoms with van der Waals surface area (Å²) in [7, 11) is 0. The number of allylic oxidation sites excluding steroid dienone is 1. The van der Waals surface area contributed by atoms with Crippen LogP contribution in [0, 0.1) is 18.3 Å². The van der Waals surface area contributed by atoms with Crippen molar-refractivity contribution in [1.29, 1.82) is 5.26 Å². The largest absolute Gasteiger partial charge is 0.479 e. The first-order valence-corrected chi connectivity index (χ1v) is 11.1. The number of fused-ring (bicyclic) bond motifs is 1. The number of carbonyl (C=O) groups excluding carboxylic acids is 1.